The molecule has 2 N–H and O–H groups in total. The predicted octanol–water partition coefficient (Wildman–Crippen LogP) is 5.03. The average molecular weight is 534 g/mol. The van der Waals surface area contributed by atoms with Crippen molar-refractivity contribution in [2.45, 2.75) is 40.3 Å². The fourth-order valence-electron chi connectivity index (χ4n) is 3.24. The summed E-state index contributed by atoms with van der Waals surface area (Å²) in [4.78, 5) is 31.6. The van der Waals surface area contributed by atoms with Gasteiger partial charge in [-0.3, -0.25) is 14.5 Å². The first-order valence-electron chi connectivity index (χ1n) is 11.7. The molecule has 0 fully saturated rings. The largest absolute Gasteiger partial charge is 0.504 e. The smallest absolute Gasteiger partial charge is 0.387 e. The highest BCUT2D eigenvalue weighted by atomic mass is 32.2. The molecule has 0 bridgehead atoms. The van der Waals surface area contributed by atoms with Crippen molar-refractivity contribution in [1.82, 2.24) is 5.32 Å². The van der Waals surface area contributed by atoms with Crippen LogP contribution in [0.3, 0.4) is 0 Å². The summed E-state index contributed by atoms with van der Waals surface area (Å²) in [5, 5.41) is 13.1. The van der Waals surface area contributed by atoms with Gasteiger partial charge in [-0.25, -0.2) is 4.99 Å². The summed E-state index contributed by atoms with van der Waals surface area (Å²) in [5.74, 6) is -0.216. The molecule has 11 heteroatoms. The van der Waals surface area contributed by atoms with Crippen LogP contribution in [0.2, 0.25) is 0 Å². The van der Waals surface area contributed by atoms with E-state index in [9.17, 15) is 23.5 Å². The quantitative estimate of drug-likeness (QED) is 0.416. The van der Waals surface area contributed by atoms with Crippen molar-refractivity contribution in [3.8, 4) is 17.2 Å². The van der Waals surface area contributed by atoms with E-state index in [-0.39, 0.29) is 51.7 Å². The number of benzene rings is 2. The topological polar surface area (TPSA) is 100 Å². The second-order valence-electron chi connectivity index (χ2n) is 8.49. The van der Waals surface area contributed by atoms with Crippen molar-refractivity contribution in [2.24, 2.45) is 10.9 Å². The van der Waals surface area contributed by atoms with Crippen molar-refractivity contribution in [2.75, 3.05) is 17.3 Å². The molecule has 8 nitrogen and oxygen atoms in total. The highest BCUT2D eigenvalue weighted by Crippen LogP contribution is 2.32. The molecule has 1 aliphatic rings. The summed E-state index contributed by atoms with van der Waals surface area (Å²) in [6, 6.07) is 10.2. The number of halogens is 2. The van der Waals surface area contributed by atoms with Crippen LogP contribution < -0.4 is 19.7 Å². The minimum Gasteiger partial charge on any atom is -0.504 e. The molecule has 0 radical (unpaired) electrons. The van der Waals surface area contributed by atoms with Crippen LogP contribution in [-0.4, -0.2) is 47.1 Å². The average Bonchev–Trinajstić information content (AvgIpc) is 3.15. The maximum atomic E-state index is 13.4. The number of aliphatic imine (C=N–C) groups is 1. The van der Waals surface area contributed by atoms with Crippen molar-refractivity contribution in [3.63, 3.8) is 0 Å². The van der Waals surface area contributed by atoms with E-state index in [0.717, 1.165) is 11.8 Å². The van der Waals surface area contributed by atoms with E-state index >= 15 is 0 Å². The van der Waals surface area contributed by atoms with E-state index in [1.807, 2.05) is 20.8 Å². The molecule has 2 aromatic carbocycles. The molecule has 37 heavy (non-hydrogen) atoms. The molecule has 198 valence electrons. The normalized spacial score (nSPS) is 15.4. The van der Waals surface area contributed by atoms with Crippen LogP contribution in [0.1, 0.15) is 33.3 Å². The van der Waals surface area contributed by atoms with E-state index in [2.05, 4.69) is 15.0 Å². The minimum absolute atomic E-state index is 0.0211. The zero-order chi connectivity index (χ0) is 27.1. The first-order chi connectivity index (χ1) is 17.6. The van der Waals surface area contributed by atoms with Gasteiger partial charge in [0.1, 0.15) is 11.4 Å². The maximum absolute atomic E-state index is 13.4. The highest BCUT2D eigenvalue weighted by Gasteiger charge is 2.32. The second-order valence-corrected chi connectivity index (χ2v) is 9.43. The molecule has 0 aliphatic carbocycles. The number of carbonyl (C=O) groups excluding carboxylic acids is 2. The molecule has 2 amide bonds. The summed E-state index contributed by atoms with van der Waals surface area (Å²) < 4.78 is 34.9. The van der Waals surface area contributed by atoms with Crippen LogP contribution >= 0.6 is 11.8 Å². The Morgan fingerprint density at radius 3 is 2.51 bits per heavy atom. The number of thioether (sulfide) groups is 1. The SMILES string of the molecule is CCOc1cc(C=C2N=C(SCC(=O)NC(C)C(C)C)N(c3ccc(OC(F)F)cc3)C2=O)ccc1O. The lowest BCUT2D eigenvalue weighted by molar-refractivity contribution is -0.119. The third-order valence-electron chi connectivity index (χ3n) is 5.46. The number of phenols is 1. The van der Waals surface area contributed by atoms with Gasteiger partial charge in [0.25, 0.3) is 5.91 Å². The number of hydrogen-bond donors (Lipinski definition) is 2. The molecule has 0 aromatic heterocycles. The number of carbonyl (C=O) groups is 2. The molecule has 0 saturated heterocycles. The predicted molar refractivity (Wildman–Crippen MR) is 140 cm³/mol. The maximum Gasteiger partial charge on any atom is 0.387 e. The number of amidine groups is 1. The van der Waals surface area contributed by atoms with Gasteiger partial charge >= 0.3 is 6.61 Å². The van der Waals surface area contributed by atoms with E-state index in [1.165, 1.54) is 35.2 Å². The lowest BCUT2D eigenvalue weighted by Crippen LogP contribution is -2.38. The molecule has 3 rings (SSSR count). The third-order valence-corrected chi connectivity index (χ3v) is 6.40. The number of ether oxygens (including phenoxy) is 2. The van der Waals surface area contributed by atoms with Crippen LogP contribution in [0.4, 0.5) is 14.5 Å². The van der Waals surface area contributed by atoms with E-state index < -0.39 is 12.5 Å². The number of hydrogen-bond acceptors (Lipinski definition) is 7. The summed E-state index contributed by atoms with van der Waals surface area (Å²) in [7, 11) is 0. The van der Waals surface area contributed by atoms with Crippen LogP contribution in [-0.2, 0) is 9.59 Å². The van der Waals surface area contributed by atoms with E-state index in [4.69, 9.17) is 4.74 Å². The molecule has 2 aromatic rings. The fourth-order valence-corrected chi connectivity index (χ4v) is 4.06. The molecule has 0 saturated carbocycles. The summed E-state index contributed by atoms with van der Waals surface area (Å²) in [6.07, 6.45) is 1.54. The van der Waals surface area contributed by atoms with Gasteiger partial charge in [0.15, 0.2) is 16.7 Å². The van der Waals surface area contributed by atoms with E-state index in [1.54, 1.807) is 25.1 Å². The number of anilines is 1. The Morgan fingerprint density at radius 2 is 1.89 bits per heavy atom. The summed E-state index contributed by atoms with van der Waals surface area (Å²) in [5.41, 5.74) is 1.04. The van der Waals surface area contributed by atoms with Crippen molar-refractivity contribution < 1.29 is 33.0 Å². The lowest BCUT2D eigenvalue weighted by Gasteiger charge is -2.19. The van der Waals surface area contributed by atoms with Gasteiger partial charge in [0.05, 0.1) is 18.0 Å². The minimum atomic E-state index is -2.97. The molecule has 1 unspecified atom stereocenters. The van der Waals surface area contributed by atoms with Crippen LogP contribution in [0.15, 0.2) is 53.2 Å². The number of aromatic hydroxyl groups is 1. The Hall–Kier alpha value is -3.60. The van der Waals surface area contributed by atoms with Gasteiger partial charge in [-0.15, -0.1) is 0 Å². The fraction of sp³-hybridized carbons (Fsp3) is 0.346. The number of amides is 2. The Balaban J connectivity index is 1.90. The number of nitrogens with zero attached hydrogens (tertiary/aromatic N) is 2. The zero-order valence-electron chi connectivity index (χ0n) is 20.9. The number of nitrogens with one attached hydrogen (secondary N) is 1. The molecule has 1 heterocycles. The van der Waals surface area contributed by atoms with Gasteiger partial charge < -0.3 is 19.9 Å². The molecular formula is C26H29F2N3O5S. The highest BCUT2D eigenvalue weighted by molar-refractivity contribution is 8.14. The van der Waals surface area contributed by atoms with Crippen molar-refractivity contribution in [3.05, 3.63) is 53.7 Å². The Labute approximate surface area is 218 Å². The third kappa shape index (κ3) is 7.45. The number of alkyl halides is 2. The van der Waals surface area contributed by atoms with Gasteiger partial charge in [-0.1, -0.05) is 31.7 Å². The van der Waals surface area contributed by atoms with Gasteiger partial charge in [-0.05, 0) is 67.8 Å². The number of rotatable bonds is 10. The van der Waals surface area contributed by atoms with Crippen LogP contribution in [0.25, 0.3) is 6.08 Å². The monoisotopic (exact) mass is 533 g/mol. The Kier molecular flexibility index (Phi) is 9.51. The Morgan fingerprint density at radius 1 is 1.19 bits per heavy atom. The first-order valence-corrected chi connectivity index (χ1v) is 12.6. The summed E-state index contributed by atoms with van der Waals surface area (Å²) >= 11 is 1.08. The first kappa shape index (κ1) is 28.0. The lowest BCUT2D eigenvalue weighted by atomic mass is 10.1. The van der Waals surface area contributed by atoms with E-state index in [0.29, 0.717) is 17.9 Å². The van der Waals surface area contributed by atoms with Gasteiger partial charge in [0.2, 0.25) is 5.91 Å². The molecule has 1 atom stereocenters. The Bertz CT molecular complexity index is 1190. The zero-order valence-corrected chi connectivity index (χ0v) is 21.7. The van der Waals surface area contributed by atoms with Crippen molar-refractivity contribution >= 4 is 40.5 Å². The number of phenolic OH excluding ortho intramolecular Hbond substituents is 1. The standard InChI is InChI=1S/C26H29F2N3O5S/c1-5-35-22-13-17(6-11-21(22)32)12-20-24(34)31(18-7-9-19(10-8-18)36-25(27)28)26(30-20)37-14-23(33)29-16(4)15(2)3/h6-13,15-16,25,32H,5,14H2,1-4H3,(H,29,33). The molecule has 0 spiro atoms. The molecule has 1 aliphatic heterocycles. The van der Waals surface area contributed by atoms with Crippen LogP contribution in [0.5, 0.6) is 17.2 Å². The van der Waals surface area contributed by atoms with Crippen LogP contribution in [0, 0.1) is 5.92 Å². The van der Waals surface area contributed by atoms with Gasteiger partial charge in [0, 0.05) is 6.04 Å². The second kappa shape index (κ2) is 12.6. The summed E-state index contributed by atoms with van der Waals surface area (Å²) in [6.45, 7) is 5.07. The van der Waals surface area contributed by atoms with Gasteiger partial charge in [-0.2, -0.15) is 8.78 Å². The van der Waals surface area contributed by atoms with Crippen molar-refractivity contribution in [1.29, 1.82) is 0 Å². The molecular weight excluding hydrogens is 504 g/mol.